The van der Waals surface area contributed by atoms with Crippen LogP contribution in [0.1, 0.15) is 16.5 Å². The highest BCUT2D eigenvalue weighted by Crippen LogP contribution is 2.41. The average molecular weight is 395 g/mol. The molecule has 2 aromatic carbocycles. The zero-order chi connectivity index (χ0) is 14.1. The van der Waals surface area contributed by atoms with Crippen LogP contribution in [0, 0.1) is 10.5 Å². The lowest BCUT2D eigenvalue weighted by Gasteiger charge is -2.24. The molecule has 3 rings (SSSR count). The van der Waals surface area contributed by atoms with Crippen LogP contribution < -0.4 is 4.90 Å². The van der Waals surface area contributed by atoms with Gasteiger partial charge in [0.05, 0.1) is 5.75 Å². The number of rotatable bonds is 2. The lowest BCUT2D eigenvalue weighted by Crippen LogP contribution is -2.27. The molecule has 0 spiro atoms. The van der Waals surface area contributed by atoms with Crippen molar-refractivity contribution in [3.8, 4) is 0 Å². The number of carbonyl (C=O) groups is 1. The van der Waals surface area contributed by atoms with Crippen LogP contribution in [0.5, 0.6) is 0 Å². The molecule has 4 heteroatoms. The Bertz CT molecular complexity index is 624. The van der Waals surface area contributed by atoms with Crippen LogP contribution in [0.2, 0.25) is 0 Å². The molecule has 2 aromatic rings. The van der Waals surface area contributed by atoms with Crippen LogP contribution in [0.15, 0.2) is 48.5 Å². The van der Waals surface area contributed by atoms with Crippen molar-refractivity contribution in [1.82, 2.24) is 0 Å². The molecule has 1 heterocycles. The lowest BCUT2D eigenvalue weighted by atomic mass is 10.1. The zero-order valence-corrected chi connectivity index (χ0v) is 14.0. The number of benzene rings is 2. The highest BCUT2D eigenvalue weighted by molar-refractivity contribution is 14.1. The molecule has 0 N–H and O–H groups in total. The molecule has 1 saturated heterocycles. The van der Waals surface area contributed by atoms with E-state index >= 15 is 0 Å². The molecular formula is C16H14INOS. The molecule has 1 atom stereocenters. The highest BCUT2D eigenvalue weighted by atomic mass is 127. The Balaban J connectivity index is 1.96. The van der Waals surface area contributed by atoms with Gasteiger partial charge in [0.25, 0.3) is 0 Å². The first-order chi connectivity index (χ1) is 9.65. The molecule has 0 radical (unpaired) electrons. The smallest absolute Gasteiger partial charge is 0.238 e. The number of halogens is 1. The van der Waals surface area contributed by atoms with Crippen molar-refractivity contribution in [1.29, 1.82) is 0 Å². The van der Waals surface area contributed by atoms with E-state index in [2.05, 4.69) is 53.8 Å². The largest absolute Gasteiger partial charge is 0.295 e. The summed E-state index contributed by atoms with van der Waals surface area (Å²) in [5.41, 5.74) is 3.40. The van der Waals surface area contributed by atoms with E-state index in [4.69, 9.17) is 0 Å². The predicted octanol–water partition coefficient (Wildman–Crippen LogP) is 4.38. The van der Waals surface area contributed by atoms with Gasteiger partial charge < -0.3 is 0 Å². The van der Waals surface area contributed by atoms with E-state index < -0.39 is 0 Å². The summed E-state index contributed by atoms with van der Waals surface area (Å²) >= 11 is 3.97. The second-order valence-electron chi connectivity index (χ2n) is 4.81. The molecule has 0 aliphatic carbocycles. The molecule has 0 saturated carbocycles. The fourth-order valence-electron chi connectivity index (χ4n) is 2.28. The van der Waals surface area contributed by atoms with Crippen molar-refractivity contribution < 1.29 is 4.79 Å². The van der Waals surface area contributed by atoms with Gasteiger partial charge in [0.15, 0.2) is 0 Å². The maximum atomic E-state index is 12.2. The SMILES string of the molecule is Cc1ccc([C@H]2SCC(=O)N2c2ccc(I)cc2)cc1. The second-order valence-corrected chi connectivity index (χ2v) is 7.13. The van der Waals surface area contributed by atoms with Gasteiger partial charge in [-0.25, -0.2) is 0 Å². The number of anilines is 1. The summed E-state index contributed by atoms with van der Waals surface area (Å²) in [7, 11) is 0. The number of hydrogen-bond donors (Lipinski definition) is 0. The van der Waals surface area contributed by atoms with Gasteiger partial charge in [0, 0.05) is 9.26 Å². The fraction of sp³-hybridized carbons (Fsp3) is 0.188. The molecule has 20 heavy (non-hydrogen) atoms. The summed E-state index contributed by atoms with van der Waals surface area (Å²) in [6, 6.07) is 16.6. The normalized spacial score (nSPS) is 18.6. The van der Waals surface area contributed by atoms with Crippen LogP contribution in [-0.4, -0.2) is 11.7 Å². The van der Waals surface area contributed by atoms with Crippen molar-refractivity contribution in [2.24, 2.45) is 0 Å². The Morgan fingerprint density at radius 3 is 2.40 bits per heavy atom. The molecule has 1 aliphatic heterocycles. The number of amides is 1. The first-order valence-corrected chi connectivity index (χ1v) is 8.54. The number of hydrogen-bond acceptors (Lipinski definition) is 2. The van der Waals surface area contributed by atoms with E-state index in [1.165, 1.54) is 14.7 Å². The monoisotopic (exact) mass is 395 g/mol. The van der Waals surface area contributed by atoms with Crippen molar-refractivity contribution in [3.05, 3.63) is 63.2 Å². The zero-order valence-electron chi connectivity index (χ0n) is 11.0. The molecule has 1 aliphatic rings. The molecular weight excluding hydrogens is 381 g/mol. The van der Waals surface area contributed by atoms with Gasteiger partial charge in [-0.1, -0.05) is 29.8 Å². The van der Waals surface area contributed by atoms with Crippen LogP contribution in [0.4, 0.5) is 5.69 Å². The third kappa shape index (κ3) is 2.72. The van der Waals surface area contributed by atoms with Gasteiger partial charge in [-0.2, -0.15) is 0 Å². The number of aryl methyl sites for hydroxylation is 1. The van der Waals surface area contributed by atoms with Crippen LogP contribution in [0.25, 0.3) is 0 Å². The third-order valence-electron chi connectivity index (χ3n) is 3.34. The molecule has 102 valence electrons. The second kappa shape index (κ2) is 5.77. The summed E-state index contributed by atoms with van der Waals surface area (Å²) in [6.45, 7) is 2.08. The predicted molar refractivity (Wildman–Crippen MR) is 93.0 cm³/mol. The van der Waals surface area contributed by atoms with Crippen molar-refractivity contribution in [2.75, 3.05) is 10.7 Å². The minimum atomic E-state index is 0.0863. The Morgan fingerprint density at radius 1 is 1.10 bits per heavy atom. The summed E-state index contributed by atoms with van der Waals surface area (Å²) < 4.78 is 1.18. The minimum absolute atomic E-state index is 0.0863. The number of thioether (sulfide) groups is 1. The van der Waals surface area contributed by atoms with Crippen LogP contribution >= 0.6 is 34.4 Å². The molecule has 2 nitrogen and oxygen atoms in total. The Morgan fingerprint density at radius 2 is 1.75 bits per heavy atom. The van der Waals surface area contributed by atoms with E-state index in [0.717, 1.165) is 5.69 Å². The van der Waals surface area contributed by atoms with E-state index in [1.54, 1.807) is 11.8 Å². The van der Waals surface area contributed by atoms with Gasteiger partial charge >= 0.3 is 0 Å². The highest BCUT2D eigenvalue weighted by Gasteiger charge is 2.33. The fourth-order valence-corrected chi connectivity index (χ4v) is 3.82. The Hall–Kier alpha value is -1.01. The first-order valence-electron chi connectivity index (χ1n) is 6.41. The van der Waals surface area contributed by atoms with E-state index in [0.29, 0.717) is 5.75 Å². The van der Waals surface area contributed by atoms with Gasteiger partial charge in [-0.05, 0) is 59.3 Å². The van der Waals surface area contributed by atoms with Crippen molar-refractivity contribution in [2.45, 2.75) is 12.3 Å². The summed E-state index contributed by atoms with van der Waals surface area (Å²) in [5.74, 6) is 0.728. The van der Waals surface area contributed by atoms with E-state index in [9.17, 15) is 4.79 Å². The molecule has 0 unspecified atom stereocenters. The minimum Gasteiger partial charge on any atom is -0.295 e. The topological polar surface area (TPSA) is 20.3 Å². The van der Waals surface area contributed by atoms with E-state index in [1.807, 2.05) is 29.2 Å². The average Bonchev–Trinajstić information content (AvgIpc) is 2.83. The maximum absolute atomic E-state index is 12.2. The van der Waals surface area contributed by atoms with Crippen molar-refractivity contribution in [3.63, 3.8) is 0 Å². The number of carbonyl (C=O) groups excluding carboxylic acids is 1. The standard InChI is InChI=1S/C16H14INOS/c1-11-2-4-12(5-3-11)16-18(15(19)10-20-16)14-8-6-13(17)7-9-14/h2-9,16H,10H2,1H3/t16-/m1/s1. The van der Waals surface area contributed by atoms with Gasteiger partial charge in [-0.3, -0.25) is 9.69 Å². The van der Waals surface area contributed by atoms with Crippen LogP contribution in [-0.2, 0) is 4.79 Å². The van der Waals surface area contributed by atoms with Gasteiger partial charge in [0.2, 0.25) is 5.91 Å². The van der Waals surface area contributed by atoms with Gasteiger partial charge in [0.1, 0.15) is 5.37 Å². The van der Waals surface area contributed by atoms with E-state index in [-0.39, 0.29) is 11.3 Å². The Kier molecular flexibility index (Phi) is 4.03. The summed E-state index contributed by atoms with van der Waals surface area (Å²) in [5, 5.41) is 0.0863. The Labute approximate surface area is 136 Å². The quantitative estimate of drug-likeness (QED) is 0.704. The summed E-state index contributed by atoms with van der Waals surface area (Å²) in [6.07, 6.45) is 0. The molecule has 1 fully saturated rings. The number of nitrogens with zero attached hydrogens (tertiary/aromatic N) is 1. The molecule has 0 bridgehead atoms. The molecule has 0 aromatic heterocycles. The lowest BCUT2D eigenvalue weighted by molar-refractivity contribution is -0.115. The van der Waals surface area contributed by atoms with Crippen molar-refractivity contribution >= 4 is 45.9 Å². The third-order valence-corrected chi connectivity index (χ3v) is 5.27. The first kappa shape index (κ1) is 13.9. The molecule has 1 amide bonds. The maximum Gasteiger partial charge on any atom is 0.238 e. The summed E-state index contributed by atoms with van der Waals surface area (Å²) in [4.78, 5) is 14.1. The van der Waals surface area contributed by atoms with Crippen LogP contribution in [0.3, 0.4) is 0 Å². The van der Waals surface area contributed by atoms with Gasteiger partial charge in [-0.15, -0.1) is 11.8 Å².